The van der Waals surface area contributed by atoms with Gasteiger partial charge in [0.25, 0.3) is 5.91 Å². The summed E-state index contributed by atoms with van der Waals surface area (Å²) < 4.78 is 0. The predicted octanol–water partition coefficient (Wildman–Crippen LogP) is 1.41. The highest BCUT2D eigenvalue weighted by Crippen LogP contribution is 2.18. The largest absolute Gasteiger partial charge is 0.373 e. The maximum absolute atomic E-state index is 11.7. The third kappa shape index (κ3) is 2.26. The van der Waals surface area contributed by atoms with E-state index in [1.165, 1.54) is 6.42 Å². The van der Waals surface area contributed by atoms with Crippen LogP contribution in [0.25, 0.3) is 0 Å². The SMILES string of the molecule is CNc1ccc(C(=O)NC2CCC2)cn1. The number of nitrogens with one attached hydrogen (secondary N) is 2. The molecule has 1 saturated carbocycles. The van der Waals surface area contributed by atoms with Crippen LogP contribution < -0.4 is 10.6 Å². The number of carbonyl (C=O) groups excluding carboxylic acids is 1. The molecule has 2 rings (SSSR count). The molecule has 0 bridgehead atoms. The fourth-order valence-corrected chi connectivity index (χ4v) is 1.50. The average molecular weight is 205 g/mol. The van der Waals surface area contributed by atoms with Crippen LogP contribution in [-0.2, 0) is 0 Å². The summed E-state index contributed by atoms with van der Waals surface area (Å²) in [4.78, 5) is 15.8. The van der Waals surface area contributed by atoms with Crippen molar-refractivity contribution in [2.45, 2.75) is 25.3 Å². The van der Waals surface area contributed by atoms with E-state index in [9.17, 15) is 4.79 Å². The molecule has 0 aromatic carbocycles. The van der Waals surface area contributed by atoms with E-state index in [0.29, 0.717) is 11.6 Å². The maximum Gasteiger partial charge on any atom is 0.253 e. The highest BCUT2D eigenvalue weighted by atomic mass is 16.1. The molecule has 1 amide bonds. The van der Waals surface area contributed by atoms with E-state index in [0.717, 1.165) is 18.7 Å². The first-order valence-electron chi connectivity index (χ1n) is 5.24. The zero-order chi connectivity index (χ0) is 10.7. The van der Waals surface area contributed by atoms with Gasteiger partial charge in [-0.2, -0.15) is 0 Å². The first kappa shape index (κ1) is 9.96. The van der Waals surface area contributed by atoms with Gasteiger partial charge in [-0.25, -0.2) is 4.98 Å². The summed E-state index contributed by atoms with van der Waals surface area (Å²) in [6.07, 6.45) is 5.03. The van der Waals surface area contributed by atoms with Crippen LogP contribution in [0.3, 0.4) is 0 Å². The normalized spacial score (nSPS) is 15.5. The molecule has 0 spiro atoms. The zero-order valence-electron chi connectivity index (χ0n) is 8.79. The van der Waals surface area contributed by atoms with Crippen molar-refractivity contribution in [1.82, 2.24) is 10.3 Å². The molecule has 0 radical (unpaired) electrons. The third-order valence-electron chi connectivity index (χ3n) is 2.72. The number of hydrogen-bond acceptors (Lipinski definition) is 3. The highest BCUT2D eigenvalue weighted by molar-refractivity contribution is 5.94. The number of hydrogen-bond donors (Lipinski definition) is 2. The molecule has 0 atom stereocenters. The lowest BCUT2D eigenvalue weighted by atomic mass is 9.93. The second kappa shape index (κ2) is 4.29. The molecule has 1 heterocycles. The van der Waals surface area contributed by atoms with E-state index < -0.39 is 0 Å². The van der Waals surface area contributed by atoms with Gasteiger partial charge >= 0.3 is 0 Å². The van der Waals surface area contributed by atoms with Gasteiger partial charge in [0.1, 0.15) is 5.82 Å². The Kier molecular flexibility index (Phi) is 2.85. The lowest BCUT2D eigenvalue weighted by Gasteiger charge is -2.26. The molecule has 1 aromatic rings. The van der Waals surface area contributed by atoms with Crippen molar-refractivity contribution >= 4 is 11.7 Å². The lowest BCUT2D eigenvalue weighted by molar-refractivity contribution is 0.0916. The Bertz CT molecular complexity index is 343. The van der Waals surface area contributed by atoms with Crippen molar-refractivity contribution in [1.29, 1.82) is 0 Å². The second-order valence-electron chi connectivity index (χ2n) is 3.78. The monoisotopic (exact) mass is 205 g/mol. The number of carbonyl (C=O) groups is 1. The van der Waals surface area contributed by atoms with Crippen LogP contribution in [0.1, 0.15) is 29.6 Å². The number of nitrogens with zero attached hydrogens (tertiary/aromatic N) is 1. The van der Waals surface area contributed by atoms with Crippen LogP contribution in [0.4, 0.5) is 5.82 Å². The van der Waals surface area contributed by atoms with E-state index in [-0.39, 0.29) is 5.91 Å². The number of aromatic nitrogens is 1. The fraction of sp³-hybridized carbons (Fsp3) is 0.455. The van der Waals surface area contributed by atoms with Gasteiger partial charge in [0, 0.05) is 19.3 Å². The predicted molar refractivity (Wildman–Crippen MR) is 58.9 cm³/mol. The number of anilines is 1. The van der Waals surface area contributed by atoms with Crippen molar-refractivity contribution in [3.63, 3.8) is 0 Å². The summed E-state index contributed by atoms with van der Waals surface area (Å²) in [5.74, 6) is 0.755. The Balaban J connectivity index is 1.98. The summed E-state index contributed by atoms with van der Waals surface area (Å²) in [7, 11) is 1.80. The Morgan fingerprint density at radius 2 is 2.27 bits per heavy atom. The second-order valence-corrected chi connectivity index (χ2v) is 3.78. The maximum atomic E-state index is 11.7. The molecule has 15 heavy (non-hydrogen) atoms. The van der Waals surface area contributed by atoms with Crippen molar-refractivity contribution < 1.29 is 4.79 Å². The Hall–Kier alpha value is -1.58. The molecular weight excluding hydrogens is 190 g/mol. The molecular formula is C11H15N3O. The molecule has 2 N–H and O–H groups in total. The topological polar surface area (TPSA) is 54.0 Å². The van der Waals surface area contributed by atoms with Crippen LogP contribution in [0.5, 0.6) is 0 Å². The van der Waals surface area contributed by atoms with Crippen LogP contribution in [-0.4, -0.2) is 24.0 Å². The van der Waals surface area contributed by atoms with Crippen LogP contribution >= 0.6 is 0 Å². The first-order valence-corrected chi connectivity index (χ1v) is 5.24. The minimum absolute atomic E-state index is 0.0187. The van der Waals surface area contributed by atoms with Crippen molar-refractivity contribution in [2.24, 2.45) is 0 Å². The van der Waals surface area contributed by atoms with Gasteiger partial charge in [-0.05, 0) is 31.4 Å². The molecule has 4 heteroatoms. The van der Waals surface area contributed by atoms with Crippen molar-refractivity contribution in [3.05, 3.63) is 23.9 Å². The molecule has 1 fully saturated rings. The standard InChI is InChI=1S/C11H15N3O/c1-12-10-6-5-8(7-13-10)11(15)14-9-3-2-4-9/h5-7,9H,2-4H2,1H3,(H,12,13)(H,14,15). The van der Waals surface area contributed by atoms with E-state index in [1.54, 1.807) is 25.4 Å². The molecule has 0 aliphatic heterocycles. The Morgan fingerprint density at radius 1 is 1.47 bits per heavy atom. The van der Waals surface area contributed by atoms with Gasteiger partial charge in [0.2, 0.25) is 0 Å². The van der Waals surface area contributed by atoms with Gasteiger partial charge in [-0.15, -0.1) is 0 Å². The van der Waals surface area contributed by atoms with Gasteiger partial charge in [-0.1, -0.05) is 0 Å². The lowest BCUT2D eigenvalue weighted by Crippen LogP contribution is -2.39. The molecule has 0 unspecified atom stereocenters. The van der Waals surface area contributed by atoms with E-state index >= 15 is 0 Å². The highest BCUT2D eigenvalue weighted by Gasteiger charge is 2.19. The Labute approximate surface area is 89.1 Å². The summed E-state index contributed by atoms with van der Waals surface area (Å²) in [5, 5.41) is 5.88. The molecule has 80 valence electrons. The van der Waals surface area contributed by atoms with Gasteiger partial charge in [-0.3, -0.25) is 4.79 Å². The van der Waals surface area contributed by atoms with E-state index in [2.05, 4.69) is 15.6 Å². The molecule has 1 aliphatic rings. The number of pyridine rings is 1. The summed E-state index contributed by atoms with van der Waals surface area (Å²) in [5.41, 5.74) is 0.626. The van der Waals surface area contributed by atoms with Crippen LogP contribution in [0, 0.1) is 0 Å². The molecule has 1 aliphatic carbocycles. The molecule has 0 saturated heterocycles. The molecule has 4 nitrogen and oxygen atoms in total. The smallest absolute Gasteiger partial charge is 0.253 e. The fourth-order valence-electron chi connectivity index (χ4n) is 1.50. The minimum Gasteiger partial charge on any atom is -0.373 e. The zero-order valence-corrected chi connectivity index (χ0v) is 8.79. The number of rotatable bonds is 3. The van der Waals surface area contributed by atoms with Crippen LogP contribution in [0.15, 0.2) is 18.3 Å². The summed E-state index contributed by atoms with van der Waals surface area (Å²) in [6.45, 7) is 0. The first-order chi connectivity index (χ1) is 7.29. The quantitative estimate of drug-likeness (QED) is 0.784. The van der Waals surface area contributed by atoms with E-state index in [1.807, 2.05) is 0 Å². The summed E-state index contributed by atoms with van der Waals surface area (Å²) >= 11 is 0. The van der Waals surface area contributed by atoms with Gasteiger partial charge in [0.15, 0.2) is 0 Å². The summed E-state index contributed by atoms with van der Waals surface area (Å²) in [6, 6.07) is 3.96. The third-order valence-corrected chi connectivity index (χ3v) is 2.72. The average Bonchev–Trinajstić information content (AvgIpc) is 2.23. The van der Waals surface area contributed by atoms with Gasteiger partial charge in [0.05, 0.1) is 5.56 Å². The van der Waals surface area contributed by atoms with Crippen LogP contribution in [0.2, 0.25) is 0 Å². The molecule has 1 aromatic heterocycles. The van der Waals surface area contributed by atoms with E-state index in [4.69, 9.17) is 0 Å². The number of amides is 1. The minimum atomic E-state index is -0.0187. The van der Waals surface area contributed by atoms with Crippen molar-refractivity contribution in [3.8, 4) is 0 Å². The Morgan fingerprint density at radius 3 is 2.73 bits per heavy atom. The van der Waals surface area contributed by atoms with Crippen molar-refractivity contribution in [2.75, 3.05) is 12.4 Å². The van der Waals surface area contributed by atoms with Gasteiger partial charge < -0.3 is 10.6 Å².